The van der Waals surface area contributed by atoms with Gasteiger partial charge < -0.3 is 15.4 Å². The van der Waals surface area contributed by atoms with Crippen LogP contribution in [-0.2, 0) is 6.42 Å². The van der Waals surface area contributed by atoms with Gasteiger partial charge in [0, 0.05) is 22.6 Å². The van der Waals surface area contributed by atoms with E-state index in [-0.39, 0.29) is 11.5 Å². The van der Waals surface area contributed by atoms with Gasteiger partial charge in [0.15, 0.2) is 0 Å². The predicted octanol–water partition coefficient (Wildman–Crippen LogP) is 7.09. The minimum absolute atomic E-state index is 0.157. The van der Waals surface area contributed by atoms with Gasteiger partial charge >= 0.3 is 5.97 Å². The number of carboxylic acid groups (broad SMARTS) is 1. The molecule has 3 aromatic rings. The molecule has 4 saturated carbocycles. The number of aromatic nitrogens is 1. The summed E-state index contributed by atoms with van der Waals surface area (Å²) in [5.41, 5.74) is 5.93. The first-order valence-electron chi connectivity index (χ1n) is 13.3. The van der Waals surface area contributed by atoms with Crippen molar-refractivity contribution in [2.45, 2.75) is 58.3 Å². The molecule has 4 fully saturated rings. The molecule has 5 heteroatoms. The van der Waals surface area contributed by atoms with Crippen molar-refractivity contribution in [1.82, 2.24) is 4.98 Å². The lowest BCUT2D eigenvalue weighted by molar-refractivity contribution is -0.0570. The van der Waals surface area contributed by atoms with Crippen molar-refractivity contribution in [3.8, 4) is 11.3 Å². The van der Waals surface area contributed by atoms with E-state index in [4.69, 9.17) is 0 Å². The molecule has 4 bridgehead atoms. The highest BCUT2D eigenvalue weighted by molar-refractivity contribution is 6.06. The molecule has 3 N–H and O–H groups in total. The Kier molecular flexibility index (Phi) is 5.74. The molecule has 4 aliphatic rings. The number of carbonyl (C=O) groups excluding carboxylic acids is 1. The van der Waals surface area contributed by atoms with E-state index in [0.717, 1.165) is 53.1 Å². The van der Waals surface area contributed by atoms with E-state index in [1.54, 1.807) is 12.1 Å². The molecular formula is C31H34N2O3. The molecule has 4 aliphatic carbocycles. The van der Waals surface area contributed by atoms with E-state index in [9.17, 15) is 14.7 Å². The minimum atomic E-state index is -1.01. The molecule has 36 heavy (non-hydrogen) atoms. The number of hydrogen-bond acceptors (Lipinski definition) is 2. The molecular weight excluding hydrogens is 448 g/mol. The predicted molar refractivity (Wildman–Crippen MR) is 141 cm³/mol. The topological polar surface area (TPSA) is 82.2 Å². The number of aromatic amines is 1. The Morgan fingerprint density at radius 2 is 1.67 bits per heavy atom. The Labute approximate surface area is 212 Å². The maximum Gasteiger partial charge on any atom is 0.335 e. The van der Waals surface area contributed by atoms with Crippen LogP contribution in [0.4, 0.5) is 5.69 Å². The van der Waals surface area contributed by atoms with Crippen molar-refractivity contribution in [1.29, 1.82) is 0 Å². The monoisotopic (exact) mass is 482 g/mol. The molecule has 0 aliphatic heterocycles. The van der Waals surface area contributed by atoms with E-state index in [0.29, 0.717) is 16.7 Å². The number of carbonyl (C=O) groups is 2. The van der Waals surface area contributed by atoms with Gasteiger partial charge in [-0.3, -0.25) is 4.79 Å². The molecule has 1 aromatic heterocycles. The lowest BCUT2D eigenvalue weighted by atomic mass is 9.48. The second-order valence-electron chi connectivity index (χ2n) is 11.6. The summed E-state index contributed by atoms with van der Waals surface area (Å²) in [6, 6.07) is 16.6. The van der Waals surface area contributed by atoms with Crippen LogP contribution in [0.5, 0.6) is 0 Å². The smallest absolute Gasteiger partial charge is 0.335 e. The summed E-state index contributed by atoms with van der Waals surface area (Å²) in [6.45, 7) is 2.09. The summed E-state index contributed by atoms with van der Waals surface area (Å²) < 4.78 is 0. The summed E-state index contributed by atoms with van der Waals surface area (Å²) in [5.74, 6) is 1.52. The van der Waals surface area contributed by atoms with Crippen LogP contribution in [0.15, 0.2) is 54.6 Å². The first-order chi connectivity index (χ1) is 17.4. The molecule has 1 heterocycles. The van der Waals surface area contributed by atoms with Crippen molar-refractivity contribution < 1.29 is 14.7 Å². The average Bonchev–Trinajstić information content (AvgIpc) is 3.27. The highest BCUT2D eigenvalue weighted by Crippen LogP contribution is 2.61. The van der Waals surface area contributed by atoms with Crippen LogP contribution in [0.2, 0.25) is 0 Å². The van der Waals surface area contributed by atoms with Crippen molar-refractivity contribution in [3.05, 3.63) is 77.0 Å². The van der Waals surface area contributed by atoms with Gasteiger partial charge in [-0.1, -0.05) is 30.3 Å². The molecule has 2 aromatic carbocycles. The molecule has 0 radical (unpaired) electrons. The van der Waals surface area contributed by atoms with Gasteiger partial charge in [0.25, 0.3) is 5.91 Å². The SMILES string of the molecule is Cc1ccccc1-c1cc(C(=O)Nc2cccc(C(=O)O)c2)c(CCC23CC4CC(CC(C4)C2)C3)[nH]1. The van der Waals surface area contributed by atoms with Crippen LogP contribution in [0.1, 0.15) is 76.9 Å². The number of amides is 1. The average molecular weight is 483 g/mol. The van der Waals surface area contributed by atoms with Crippen molar-refractivity contribution in [2.24, 2.45) is 23.2 Å². The van der Waals surface area contributed by atoms with E-state index in [1.807, 2.05) is 18.2 Å². The van der Waals surface area contributed by atoms with Crippen LogP contribution >= 0.6 is 0 Å². The number of H-pyrrole nitrogens is 1. The molecule has 0 saturated heterocycles. The second kappa shape index (κ2) is 8.95. The van der Waals surface area contributed by atoms with Crippen molar-refractivity contribution in [3.63, 3.8) is 0 Å². The maximum absolute atomic E-state index is 13.5. The summed E-state index contributed by atoms with van der Waals surface area (Å²) in [4.78, 5) is 28.5. The fourth-order valence-electron chi connectivity index (χ4n) is 7.83. The zero-order valence-electron chi connectivity index (χ0n) is 20.8. The lowest BCUT2D eigenvalue weighted by Gasteiger charge is -2.57. The first kappa shape index (κ1) is 23.1. The number of hydrogen-bond donors (Lipinski definition) is 3. The number of carboxylic acids is 1. The summed E-state index contributed by atoms with van der Waals surface area (Å²) >= 11 is 0. The Morgan fingerprint density at radius 1 is 0.972 bits per heavy atom. The fraction of sp³-hybridized carbons (Fsp3) is 0.419. The Morgan fingerprint density at radius 3 is 2.33 bits per heavy atom. The summed E-state index contributed by atoms with van der Waals surface area (Å²) in [6.07, 6.45) is 10.3. The molecule has 0 spiro atoms. The normalized spacial score (nSPS) is 26.2. The zero-order valence-corrected chi connectivity index (χ0v) is 20.8. The Bertz CT molecular complexity index is 1290. The van der Waals surface area contributed by atoms with Gasteiger partial charge in [-0.2, -0.15) is 0 Å². The fourth-order valence-corrected chi connectivity index (χ4v) is 7.83. The zero-order chi connectivity index (χ0) is 24.9. The van der Waals surface area contributed by atoms with Crippen LogP contribution < -0.4 is 5.32 Å². The number of anilines is 1. The summed E-state index contributed by atoms with van der Waals surface area (Å²) in [5, 5.41) is 12.3. The van der Waals surface area contributed by atoms with E-state index < -0.39 is 5.97 Å². The van der Waals surface area contributed by atoms with E-state index in [2.05, 4.69) is 29.4 Å². The number of nitrogens with one attached hydrogen (secondary N) is 2. The largest absolute Gasteiger partial charge is 0.478 e. The Balaban J connectivity index is 1.29. The third kappa shape index (κ3) is 4.36. The quantitative estimate of drug-likeness (QED) is 0.336. The first-order valence-corrected chi connectivity index (χ1v) is 13.3. The van der Waals surface area contributed by atoms with Crippen LogP contribution in [0.3, 0.4) is 0 Å². The summed E-state index contributed by atoms with van der Waals surface area (Å²) in [7, 11) is 0. The van der Waals surface area contributed by atoms with E-state index >= 15 is 0 Å². The van der Waals surface area contributed by atoms with Gasteiger partial charge in [0.1, 0.15) is 0 Å². The molecule has 7 rings (SSSR count). The number of aryl methyl sites for hydroxylation is 2. The maximum atomic E-state index is 13.5. The van der Waals surface area contributed by atoms with Crippen LogP contribution in [0.25, 0.3) is 11.3 Å². The second-order valence-corrected chi connectivity index (χ2v) is 11.6. The minimum Gasteiger partial charge on any atom is -0.478 e. The van der Waals surface area contributed by atoms with Gasteiger partial charge in [0.2, 0.25) is 0 Å². The van der Waals surface area contributed by atoms with Crippen molar-refractivity contribution >= 4 is 17.6 Å². The van der Waals surface area contributed by atoms with Gasteiger partial charge in [0.05, 0.1) is 11.1 Å². The standard InChI is InChI=1S/C31H34N2O3/c1-19-5-2-3-8-25(19)28-15-26(29(34)32-24-7-4-6-23(14-24)30(35)36)27(33-28)9-10-31-16-20-11-21(17-31)13-22(12-20)18-31/h2-8,14-15,20-22,33H,9-13,16-18H2,1H3,(H,32,34)(H,35,36). The highest BCUT2D eigenvalue weighted by Gasteiger charge is 2.50. The van der Waals surface area contributed by atoms with Gasteiger partial charge in [-0.15, -0.1) is 0 Å². The van der Waals surface area contributed by atoms with Crippen molar-refractivity contribution in [2.75, 3.05) is 5.32 Å². The lowest BCUT2D eigenvalue weighted by Crippen LogP contribution is -2.46. The third-order valence-corrected chi connectivity index (χ3v) is 9.02. The molecule has 0 atom stereocenters. The Hall–Kier alpha value is -3.34. The highest BCUT2D eigenvalue weighted by atomic mass is 16.4. The number of benzene rings is 2. The van der Waals surface area contributed by atoms with E-state index in [1.165, 1.54) is 50.7 Å². The third-order valence-electron chi connectivity index (χ3n) is 9.02. The number of aromatic carboxylic acids is 1. The van der Waals surface area contributed by atoms with Gasteiger partial charge in [-0.05, 0) is 111 Å². The number of rotatable bonds is 7. The van der Waals surface area contributed by atoms with Gasteiger partial charge in [-0.25, -0.2) is 4.79 Å². The molecule has 186 valence electrons. The molecule has 5 nitrogen and oxygen atoms in total. The molecule has 1 amide bonds. The van der Waals surface area contributed by atoms with Crippen LogP contribution in [0, 0.1) is 30.1 Å². The van der Waals surface area contributed by atoms with Crippen LogP contribution in [-0.4, -0.2) is 22.0 Å². The molecule has 0 unspecified atom stereocenters.